The number of carboxylic acid groups (broad SMARTS) is 1. The minimum absolute atomic E-state index is 0.0342. The number of primary amides is 1. The van der Waals surface area contributed by atoms with Crippen molar-refractivity contribution in [2.75, 3.05) is 0 Å². The molecule has 1 heterocycles. The van der Waals surface area contributed by atoms with Gasteiger partial charge in [0, 0.05) is 11.1 Å². The quantitative estimate of drug-likeness (QED) is 0.743. The summed E-state index contributed by atoms with van der Waals surface area (Å²) in [4.78, 5) is 26.4. The van der Waals surface area contributed by atoms with Gasteiger partial charge >= 0.3 is 5.97 Å². The Morgan fingerprint density at radius 2 is 1.90 bits per heavy atom. The van der Waals surface area contributed by atoms with E-state index in [9.17, 15) is 9.59 Å². The van der Waals surface area contributed by atoms with Crippen molar-refractivity contribution < 1.29 is 19.4 Å². The third kappa shape index (κ3) is 3.61. The third-order valence-electron chi connectivity index (χ3n) is 2.44. The molecule has 6 nitrogen and oxygen atoms in total. The maximum absolute atomic E-state index is 11.4. The van der Waals surface area contributed by atoms with Gasteiger partial charge in [-0.2, -0.15) is 0 Å². The number of halogens is 2. The maximum atomic E-state index is 11.4. The van der Waals surface area contributed by atoms with Crippen molar-refractivity contribution in [2.45, 2.75) is 0 Å². The second kappa shape index (κ2) is 6.27. The molecule has 3 N–H and O–H groups in total. The Labute approximate surface area is 138 Å². The van der Waals surface area contributed by atoms with E-state index >= 15 is 0 Å². The van der Waals surface area contributed by atoms with Crippen molar-refractivity contribution in [1.29, 1.82) is 0 Å². The molecule has 21 heavy (non-hydrogen) atoms. The number of carboxylic acids is 1. The number of carbonyl (C=O) groups is 2. The Bertz CT molecular complexity index is 684. The summed E-state index contributed by atoms with van der Waals surface area (Å²) < 4.78 is 5.59. The van der Waals surface area contributed by atoms with Gasteiger partial charge in [0.15, 0.2) is 5.69 Å². The van der Waals surface area contributed by atoms with E-state index < -0.39 is 11.9 Å². The molecule has 8 heteroatoms. The van der Waals surface area contributed by atoms with Gasteiger partial charge in [-0.25, -0.2) is 9.78 Å². The lowest BCUT2D eigenvalue weighted by molar-refractivity contribution is 0.0688. The number of aromatic carboxylic acids is 1. The van der Waals surface area contributed by atoms with Crippen molar-refractivity contribution in [3.63, 3.8) is 0 Å². The van der Waals surface area contributed by atoms with Crippen LogP contribution in [-0.4, -0.2) is 22.0 Å². The number of amides is 1. The Hall–Kier alpha value is -1.87. The van der Waals surface area contributed by atoms with Gasteiger partial charge in [-0.15, -0.1) is 0 Å². The highest BCUT2D eigenvalue weighted by Gasteiger charge is 2.19. The number of carbonyl (C=O) groups excluding carboxylic acids is 1. The smallest absolute Gasteiger partial charge is 0.355 e. The second-order valence-corrected chi connectivity index (χ2v) is 5.41. The number of benzene rings is 1. The maximum Gasteiger partial charge on any atom is 0.355 e. The van der Waals surface area contributed by atoms with Crippen molar-refractivity contribution in [3.05, 3.63) is 50.2 Å². The molecule has 0 unspecified atom stereocenters. The monoisotopic (exact) mass is 418 g/mol. The summed E-state index contributed by atoms with van der Waals surface area (Å²) >= 11 is 7.46. The molecule has 0 fully saturated rings. The van der Waals surface area contributed by atoms with E-state index in [1.54, 1.807) is 46.9 Å². The fourth-order valence-electron chi connectivity index (χ4n) is 1.50. The van der Waals surface area contributed by atoms with Crippen LogP contribution in [0.25, 0.3) is 0 Å². The van der Waals surface area contributed by atoms with Gasteiger partial charge in [-0.3, -0.25) is 4.79 Å². The van der Waals surface area contributed by atoms with Crippen LogP contribution in [0.2, 0.25) is 5.02 Å². The van der Waals surface area contributed by atoms with Crippen LogP contribution in [0, 0.1) is 3.57 Å². The molecule has 0 radical (unpaired) electrons. The Morgan fingerprint density at radius 3 is 2.43 bits per heavy atom. The summed E-state index contributed by atoms with van der Waals surface area (Å²) in [6.07, 6.45) is 0. The number of rotatable bonds is 4. The average molecular weight is 419 g/mol. The first-order valence-electron chi connectivity index (χ1n) is 5.55. The van der Waals surface area contributed by atoms with E-state index in [0.29, 0.717) is 10.8 Å². The standard InChI is InChI=1S/C13H8ClIN2O4/c14-6-1-3-7(4-2-6)21-9-5-8(12(16)18)10(15)11(17-9)13(19)20/h1-5H,(H2,16,18)(H,19,20). The normalized spacial score (nSPS) is 10.2. The molecule has 1 aromatic carbocycles. The highest BCUT2D eigenvalue weighted by atomic mass is 127. The molecule has 2 aromatic rings. The summed E-state index contributed by atoms with van der Waals surface area (Å²) in [5.41, 5.74) is 4.97. The van der Waals surface area contributed by atoms with E-state index in [4.69, 9.17) is 27.2 Å². The molecule has 0 bridgehead atoms. The number of ether oxygens (including phenoxy) is 1. The highest BCUT2D eigenvalue weighted by Crippen LogP contribution is 2.26. The molecular formula is C13H8ClIN2O4. The van der Waals surface area contributed by atoms with E-state index in [1.165, 1.54) is 6.07 Å². The molecule has 0 atom stereocenters. The van der Waals surface area contributed by atoms with Gasteiger partial charge in [0.05, 0.1) is 9.13 Å². The number of nitrogens with zero attached hydrogens (tertiary/aromatic N) is 1. The molecule has 0 aliphatic carbocycles. The van der Waals surface area contributed by atoms with Crippen LogP contribution in [0.5, 0.6) is 11.6 Å². The van der Waals surface area contributed by atoms with E-state index in [0.717, 1.165) is 0 Å². The van der Waals surface area contributed by atoms with Crippen LogP contribution in [0.4, 0.5) is 0 Å². The van der Waals surface area contributed by atoms with E-state index in [2.05, 4.69) is 4.98 Å². The number of hydrogen-bond acceptors (Lipinski definition) is 4. The van der Waals surface area contributed by atoms with Gasteiger partial charge in [-0.1, -0.05) is 11.6 Å². The van der Waals surface area contributed by atoms with Crippen molar-refractivity contribution in [3.8, 4) is 11.6 Å². The Kier molecular flexibility index (Phi) is 4.63. The second-order valence-electron chi connectivity index (χ2n) is 3.90. The van der Waals surface area contributed by atoms with Crippen molar-refractivity contribution in [2.24, 2.45) is 5.73 Å². The van der Waals surface area contributed by atoms with Crippen LogP contribution in [0.1, 0.15) is 20.8 Å². The number of pyridine rings is 1. The Balaban J connectivity index is 2.46. The van der Waals surface area contributed by atoms with Gasteiger partial charge in [0.1, 0.15) is 5.75 Å². The molecule has 1 aromatic heterocycles. The lowest BCUT2D eigenvalue weighted by Crippen LogP contribution is -2.17. The van der Waals surface area contributed by atoms with Gasteiger partial charge in [-0.05, 0) is 46.9 Å². The largest absolute Gasteiger partial charge is 0.476 e. The first-order valence-corrected chi connectivity index (χ1v) is 7.01. The van der Waals surface area contributed by atoms with Crippen LogP contribution in [-0.2, 0) is 0 Å². The Morgan fingerprint density at radius 1 is 1.29 bits per heavy atom. The predicted octanol–water partition coefficient (Wildman–Crippen LogP) is 2.93. The lowest BCUT2D eigenvalue weighted by atomic mass is 10.2. The molecule has 0 saturated heterocycles. The minimum atomic E-state index is -1.27. The molecule has 0 spiro atoms. The minimum Gasteiger partial charge on any atom is -0.476 e. The summed E-state index contributed by atoms with van der Waals surface area (Å²) in [6.45, 7) is 0. The van der Waals surface area contributed by atoms with E-state index in [1.807, 2.05) is 0 Å². The van der Waals surface area contributed by atoms with Crippen molar-refractivity contribution >= 4 is 46.1 Å². The summed E-state index contributed by atoms with van der Waals surface area (Å²) in [5, 5.41) is 9.64. The molecule has 0 aliphatic heterocycles. The molecule has 0 aliphatic rings. The molecular weight excluding hydrogens is 411 g/mol. The third-order valence-corrected chi connectivity index (χ3v) is 3.78. The van der Waals surface area contributed by atoms with Crippen LogP contribution >= 0.6 is 34.2 Å². The van der Waals surface area contributed by atoms with Crippen molar-refractivity contribution in [1.82, 2.24) is 4.98 Å². The topological polar surface area (TPSA) is 103 Å². The van der Waals surface area contributed by atoms with Crippen LogP contribution in [0.3, 0.4) is 0 Å². The van der Waals surface area contributed by atoms with Gasteiger partial charge < -0.3 is 15.6 Å². The summed E-state index contributed by atoms with van der Waals surface area (Å²) in [5.74, 6) is -1.67. The van der Waals surface area contributed by atoms with Crippen LogP contribution < -0.4 is 10.5 Å². The summed E-state index contributed by atoms with van der Waals surface area (Å²) in [7, 11) is 0. The number of aromatic nitrogens is 1. The first kappa shape index (κ1) is 15.5. The number of nitrogens with two attached hydrogens (primary N) is 1. The zero-order valence-corrected chi connectivity index (χ0v) is 13.3. The first-order chi connectivity index (χ1) is 9.88. The predicted molar refractivity (Wildman–Crippen MR) is 84.0 cm³/mol. The number of hydrogen-bond donors (Lipinski definition) is 2. The van der Waals surface area contributed by atoms with Crippen LogP contribution in [0.15, 0.2) is 30.3 Å². The van der Waals surface area contributed by atoms with E-state index in [-0.39, 0.29) is 20.7 Å². The SMILES string of the molecule is NC(=O)c1cc(Oc2ccc(Cl)cc2)nc(C(=O)O)c1I. The van der Waals surface area contributed by atoms with Gasteiger partial charge in [0.25, 0.3) is 0 Å². The fourth-order valence-corrected chi connectivity index (χ4v) is 2.40. The summed E-state index contributed by atoms with van der Waals surface area (Å²) in [6, 6.07) is 7.69. The zero-order valence-electron chi connectivity index (χ0n) is 10.3. The molecule has 1 amide bonds. The fraction of sp³-hybridized carbons (Fsp3) is 0. The highest BCUT2D eigenvalue weighted by molar-refractivity contribution is 14.1. The molecule has 0 saturated carbocycles. The average Bonchev–Trinajstić information content (AvgIpc) is 2.42. The van der Waals surface area contributed by atoms with Gasteiger partial charge in [0.2, 0.25) is 11.8 Å². The zero-order chi connectivity index (χ0) is 15.6. The molecule has 2 rings (SSSR count). The lowest BCUT2D eigenvalue weighted by Gasteiger charge is -2.09. The molecule has 108 valence electrons.